The number of carboxylic acids is 1. The lowest BCUT2D eigenvalue weighted by atomic mass is 9.97. The van der Waals surface area contributed by atoms with Crippen molar-refractivity contribution in [2.75, 3.05) is 0 Å². The van der Waals surface area contributed by atoms with Crippen LogP contribution in [-0.4, -0.2) is 21.0 Å². The molecule has 0 saturated heterocycles. The van der Waals surface area contributed by atoms with Gasteiger partial charge in [0.05, 0.1) is 23.7 Å². The summed E-state index contributed by atoms with van der Waals surface area (Å²) in [7, 11) is 0. The summed E-state index contributed by atoms with van der Waals surface area (Å²) in [6.45, 7) is -0.186. The quantitative estimate of drug-likeness (QED) is 0.352. The zero-order chi connectivity index (χ0) is 24.5. The van der Waals surface area contributed by atoms with Crippen molar-refractivity contribution in [3.05, 3.63) is 87.2 Å². The number of allylic oxidation sites excluding steroid dienone is 2. The first-order chi connectivity index (χ1) is 16.1. The summed E-state index contributed by atoms with van der Waals surface area (Å²) >= 11 is 3.18. The molecule has 0 bridgehead atoms. The molecule has 5 nitrogen and oxygen atoms in total. The van der Waals surface area contributed by atoms with Crippen LogP contribution in [0, 0.1) is 5.82 Å². The van der Waals surface area contributed by atoms with Gasteiger partial charge in [-0.25, -0.2) is 14.2 Å². The third-order valence-electron chi connectivity index (χ3n) is 5.41. The van der Waals surface area contributed by atoms with Crippen molar-refractivity contribution in [3.63, 3.8) is 0 Å². The van der Waals surface area contributed by atoms with Crippen molar-refractivity contribution in [2.45, 2.75) is 32.0 Å². The Balaban J connectivity index is 1.78. The fourth-order valence-corrected chi connectivity index (χ4v) is 4.13. The van der Waals surface area contributed by atoms with Crippen LogP contribution in [0.2, 0.25) is 0 Å². The minimum Gasteiger partial charge on any atom is -0.488 e. The Morgan fingerprint density at radius 3 is 2.56 bits per heavy atom. The highest BCUT2D eigenvalue weighted by Gasteiger charge is 2.32. The average Bonchev–Trinajstić information content (AvgIpc) is 3.27. The third-order valence-corrected chi connectivity index (χ3v) is 5.90. The van der Waals surface area contributed by atoms with Gasteiger partial charge in [-0.3, -0.25) is 4.98 Å². The first-order valence-electron chi connectivity index (χ1n) is 10.2. The predicted octanol–water partition coefficient (Wildman–Crippen LogP) is 6.77. The number of aromatic carboxylic acids is 1. The second-order valence-corrected chi connectivity index (χ2v) is 8.55. The van der Waals surface area contributed by atoms with Crippen molar-refractivity contribution in [1.82, 2.24) is 9.97 Å². The Morgan fingerprint density at radius 2 is 1.85 bits per heavy atom. The molecule has 1 aliphatic rings. The Hall–Kier alpha value is -3.27. The highest BCUT2D eigenvalue weighted by atomic mass is 79.9. The third kappa shape index (κ3) is 5.11. The summed E-state index contributed by atoms with van der Waals surface area (Å²) in [5.41, 5.74) is 0.798. The molecule has 0 spiro atoms. The number of benzene rings is 2. The van der Waals surface area contributed by atoms with E-state index in [1.165, 1.54) is 24.4 Å². The van der Waals surface area contributed by atoms with Crippen LogP contribution in [0.4, 0.5) is 17.6 Å². The maximum Gasteiger partial charge on any atom is 0.416 e. The van der Waals surface area contributed by atoms with Gasteiger partial charge in [0.15, 0.2) is 5.69 Å². The molecule has 0 fully saturated rings. The molecule has 10 heteroatoms. The number of ether oxygens (including phenoxy) is 1. The lowest BCUT2D eigenvalue weighted by Gasteiger charge is -2.17. The van der Waals surface area contributed by atoms with Gasteiger partial charge in [-0.15, -0.1) is 0 Å². The Labute approximate surface area is 200 Å². The van der Waals surface area contributed by atoms with Gasteiger partial charge in [0.25, 0.3) is 0 Å². The molecule has 0 radical (unpaired) electrons. The lowest BCUT2D eigenvalue weighted by molar-refractivity contribution is -0.137. The minimum atomic E-state index is -4.58. The summed E-state index contributed by atoms with van der Waals surface area (Å²) < 4.78 is 61.0. The van der Waals surface area contributed by atoms with E-state index in [0.717, 1.165) is 18.3 Å². The molecule has 0 atom stereocenters. The van der Waals surface area contributed by atoms with Crippen LogP contribution in [0.15, 0.2) is 53.3 Å². The predicted molar refractivity (Wildman–Crippen MR) is 120 cm³/mol. The number of alkyl halides is 3. The van der Waals surface area contributed by atoms with Gasteiger partial charge < -0.3 is 9.84 Å². The molecule has 0 amide bonds. The number of carbonyl (C=O) groups is 1. The Morgan fingerprint density at radius 1 is 1.09 bits per heavy atom. The molecule has 34 heavy (non-hydrogen) atoms. The smallest absolute Gasteiger partial charge is 0.416 e. The first kappa shape index (κ1) is 23.9. The van der Waals surface area contributed by atoms with Gasteiger partial charge in [-0.05, 0) is 60.7 Å². The Kier molecular flexibility index (Phi) is 6.70. The van der Waals surface area contributed by atoms with Gasteiger partial charge in [0, 0.05) is 15.6 Å². The van der Waals surface area contributed by atoms with Crippen molar-refractivity contribution < 1.29 is 32.2 Å². The van der Waals surface area contributed by atoms with Crippen LogP contribution in [0.25, 0.3) is 11.1 Å². The van der Waals surface area contributed by atoms with Crippen molar-refractivity contribution in [3.8, 4) is 5.75 Å². The van der Waals surface area contributed by atoms with Crippen molar-refractivity contribution >= 4 is 33.0 Å². The van der Waals surface area contributed by atoms with E-state index in [2.05, 4.69) is 25.9 Å². The number of rotatable bonds is 6. The second kappa shape index (κ2) is 9.54. The summed E-state index contributed by atoms with van der Waals surface area (Å²) in [5, 5.41) is 9.23. The van der Waals surface area contributed by atoms with Crippen LogP contribution >= 0.6 is 15.9 Å². The molecule has 0 unspecified atom stereocenters. The van der Waals surface area contributed by atoms with Gasteiger partial charge in [0.1, 0.15) is 18.2 Å². The van der Waals surface area contributed by atoms with E-state index in [9.17, 15) is 27.5 Å². The SMILES string of the molecule is O=C(O)c1cncc(C2=C(c3cc(C(F)(F)F)ccc3OCc3ccc(Br)cc3F)CCC2)n1. The van der Waals surface area contributed by atoms with Crippen LogP contribution in [-0.2, 0) is 12.8 Å². The maximum absolute atomic E-state index is 14.2. The normalized spacial score (nSPS) is 13.9. The molecule has 176 valence electrons. The molecule has 4 rings (SSSR count). The largest absolute Gasteiger partial charge is 0.488 e. The monoisotopic (exact) mass is 536 g/mol. The topological polar surface area (TPSA) is 72.3 Å². The average molecular weight is 537 g/mol. The molecule has 1 aliphatic carbocycles. The molecule has 1 heterocycles. The Bertz CT molecular complexity index is 1290. The van der Waals surface area contributed by atoms with E-state index in [4.69, 9.17) is 4.74 Å². The maximum atomic E-state index is 14.2. The standard InChI is InChI=1S/C24H17BrF4N2O3/c25-15-6-4-13(19(26)9-15)12-34-22-7-5-14(24(27,28)29)8-18(22)16-2-1-3-17(16)20-10-30-11-21(31-20)23(32)33/h4-11H,1-3,12H2,(H,32,33). The fourth-order valence-electron chi connectivity index (χ4n) is 3.80. The zero-order valence-electron chi connectivity index (χ0n) is 17.5. The highest BCUT2D eigenvalue weighted by molar-refractivity contribution is 9.10. The molecule has 0 aliphatic heterocycles. The first-order valence-corrected chi connectivity index (χ1v) is 11.0. The van der Waals surface area contributed by atoms with E-state index >= 15 is 0 Å². The number of carboxylic acid groups (broad SMARTS) is 1. The van der Waals surface area contributed by atoms with E-state index in [1.807, 2.05) is 0 Å². The van der Waals surface area contributed by atoms with Crippen molar-refractivity contribution in [2.24, 2.45) is 0 Å². The van der Waals surface area contributed by atoms with Crippen LogP contribution in [0.1, 0.15) is 52.1 Å². The number of hydrogen-bond acceptors (Lipinski definition) is 4. The van der Waals surface area contributed by atoms with Crippen LogP contribution in [0.5, 0.6) is 5.75 Å². The minimum absolute atomic E-state index is 0.159. The van der Waals surface area contributed by atoms with Gasteiger partial charge >= 0.3 is 12.1 Å². The lowest BCUT2D eigenvalue weighted by Crippen LogP contribution is -2.07. The van der Waals surface area contributed by atoms with Gasteiger partial charge in [-0.2, -0.15) is 13.2 Å². The molecule has 0 saturated carbocycles. The van der Waals surface area contributed by atoms with E-state index in [1.54, 1.807) is 6.07 Å². The van der Waals surface area contributed by atoms with Crippen LogP contribution in [0.3, 0.4) is 0 Å². The molecule has 1 N–H and O–H groups in total. The molecule has 3 aromatic rings. The van der Waals surface area contributed by atoms with E-state index < -0.39 is 23.5 Å². The number of halogens is 5. The summed E-state index contributed by atoms with van der Waals surface area (Å²) in [6, 6.07) is 7.58. The van der Waals surface area contributed by atoms with Gasteiger partial charge in [0.2, 0.25) is 0 Å². The molecule has 1 aromatic heterocycles. The number of aromatic nitrogens is 2. The van der Waals surface area contributed by atoms with Crippen molar-refractivity contribution in [1.29, 1.82) is 0 Å². The fraction of sp³-hybridized carbons (Fsp3) is 0.208. The van der Waals surface area contributed by atoms with E-state index in [-0.39, 0.29) is 34.9 Å². The number of hydrogen-bond donors (Lipinski definition) is 1. The highest BCUT2D eigenvalue weighted by Crippen LogP contribution is 2.44. The second-order valence-electron chi connectivity index (χ2n) is 7.64. The van der Waals surface area contributed by atoms with Gasteiger partial charge in [-0.1, -0.05) is 22.0 Å². The summed E-state index contributed by atoms with van der Waals surface area (Å²) in [5.74, 6) is -1.61. The molecular formula is C24H17BrF4N2O3. The summed E-state index contributed by atoms with van der Waals surface area (Å²) in [4.78, 5) is 19.3. The summed E-state index contributed by atoms with van der Waals surface area (Å²) in [6.07, 6.45) is -0.512. The number of nitrogens with zero attached hydrogens (tertiary/aromatic N) is 2. The van der Waals surface area contributed by atoms with Crippen LogP contribution < -0.4 is 4.74 Å². The molecular weight excluding hydrogens is 520 g/mol. The van der Waals surface area contributed by atoms with E-state index in [0.29, 0.717) is 34.9 Å². The zero-order valence-corrected chi connectivity index (χ0v) is 19.1. The molecule has 2 aromatic carbocycles.